The van der Waals surface area contributed by atoms with E-state index in [9.17, 15) is 4.39 Å². The first-order valence-electron chi connectivity index (χ1n) is 6.11. The molecule has 0 aliphatic heterocycles. The fourth-order valence-electron chi connectivity index (χ4n) is 1.68. The molecule has 0 fully saturated rings. The monoisotopic (exact) mass is 315 g/mol. The summed E-state index contributed by atoms with van der Waals surface area (Å²) in [6, 6.07) is 11.6. The third kappa shape index (κ3) is 4.67. The zero-order valence-corrected chi connectivity index (χ0v) is 12.6. The zero-order chi connectivity index (χ0) is 13.7. The van der Waals surface area contributed by atoms with Gasteiger partial charge in [0, 0.05) is 17.1 Å². The Hall–Kier alpha value is -1.29. The molecule has 0 aliphatic carbocycles. The Morgan fingerprint density at radius 2 is 1.85 bits per heavy atom. The van der Waals surface area contributed by atoms with Crippen molar-refractivity contribution >= 4 is 24.0 Å². The van der Waals surface area contributed by atoms with E-state index in [1.165, 1.54) is 12.1 Å². The highest BCUT2D eigenvalue weighted by molar-refractivity contribution is 6.30. The zero-order valence-electron chi connectivity index (χ0n) is 11.0. The van der Waals surface area contributed by atoms with Crippen molar-refractivity contribution in [3.05, 3.63) is 58.9 Å². The molecular formula is C15H16Cl2FNO. The van der Waals surface area contributed by atoms with Crippen LogP contribution in [-0.2, 0) is 6.54 Å². The lowest BCUT2D eigenvalue weighted by atomic mass is 10.2. The van der Waals surface area contributed by atoms with Gasteiger partial charge in [0.2, 0.25) is 0 Å². The summed E-state index contributed by atoms with van der Waals surface area (Å²) in [4.78, 5) is 0. The van der Waals surface area contributed by atoms with Gasteiger partial charge >= 0.3 is 0 Å². The highest BCUT2D eigenvalue weighted by Crippen LogP contribution is 2.27. The van der Waals surface area contributed by atoms with Gasteiger partial charge < -0.3 is 10.1 Å². The molecule has 5 heteroatoms. The van der Waals surface area contributed by atoms with Gasteiger partial charge in [-0.1, -0.05) is 18.5 Å². The fourth-order valence-corrected chi connectivity index (χ4v) is 1.80. The summed E-state index contributed by atoms with van der Waals surface area (Å²) in [5.74, 6) is 1.05. The first kappa shape index (κ1) is 16.8. The van der Waals surface area contributed by atoms with E-state index in [0.717, 1.165) is 12.1 Å². The number of ether oxygens (including phenoxy) is 1. The van der Waals surface area contributed by atoms with Crippen molar-refractivity contribution in [3.8, 4) is 11.5 Å². The summed E-state index contributed by atoms with van der Waals surface area (Å²) in [6.07, 6.45) is 0. The number of rotatable bonds is 5. The molecule has 0 aliphatic rings. The third-order valence-electron chi connectivity index (χ3n) is 2.63. The van der Waals surface area contributed by atoms with E-state index >= 15 is 0 Å². The molecule has 0 atom stereocenters. The Labute approximate surface area is 129 Å². The molecule has 20 heavy (non-hydrogen) atoms. The standard InChI is InChI=1S/C15H15ClFNO.ClH/c1-2-18-10-11-9-13(17)5-8-15(11)19-14-6-3-12(16)4-7-14;/h3-9,18H,2,10H2,1H3;1H. The molecule has 0 amide bonds. The van der Waals surface area contributed by atoms with Crippen LogP contribution in [0.4, 0.5) is 4.39 Å². The van der Waals surface area contributed by atoms with Gasteiger partial charge in [-0.15, -0.1) is 12.4 Å². The SMILES string of the molecule is CCNCc1cc(F)ccc1Oc1ccc(Cl)cc1.Cl. The minimum atomic E-state index is -0.267. The van der Waals surface area contributed by atoms with E-state index in [2.05, 4.69) is 5.32 Å². The maximum Gasteiger partial charge on any atom is 0.132 e. The lowest BCUT2D eigenvalue weighted by Gasteiger charge is -2.11. The summed E-state index contributed by atoms with van der Waals surface area (Å²) in [5, 5.41) is 3.81. The molecular weight excluding hydrogens is 300 g/mol. The van der Waals surface area contributed by atoms with Crippen LogP contribution in [0.5, 0.6) is 11.5 Å². The van der Waals surface area contributed by atoms with Crippen LogP contribution in [0.25, 0.3) is 0 Å². The van der Waals surface area contributed by atoms with Gasteiger partial charge in [0.15, 0.2) is 0 Å². The average molecular weight is 316 g/mol. The van der Waals surface area contributed by atoms with Gasteiger partial charge in [-0.3, -0.25) is 0 Å². The molecule has 0 bridgehead atoms. The summed E-state index contributed by atoms with van der Waals surface area (Å²) in [7, 11) is 0. The van der Waals surface area contributed by atoms with Crippen LogP contribution in [0.15, 0.2) is 42.5 Å². The van der Waals surface area contributed by atoms with Crippen molar-refractivity contribution in [3.63, 3.8) is 0 Å². The number of benzene rings is 2. The van der Waals surface area contributed by atoms with Crippen LogP contribution in [0, 0.1) is 5.82 Å². The third-order valence-corrected chi connectivity index (χ3v) is 2.88. The molecule has 0 aromatic heterocycles. The molecule has 0 unspecified atom stereocenters. The molecule has 2 nitrogen and oxygen atoms in total. The minimum Gasteiger partial charge on any atom is -0.457 e. The van der Waals surface area contributed by atoms with Crippen molar-refractivity contribution in [1.82, 2.24) is 5.32 Å². The molecule has 0 radical (unpaired) electrons. The van der Waals surface area contributed by atoms with Crippen LogP contribution < -0.4 is 10.1 Å². The normalized spacial score (nSPS) is 9.95. The molecule has 2 aromatic rings. The Bertz CT molecular complexity index is 546. The fraction of sp³-hybridized carbons (Fsp3) is 0.200. The first-order chi connectivity index (χ1) is 9.19. The van der Waals surface area contributed by atoms with Gasteiger partial charge in [0.25, 0.3) is 0 Å². The van der Waals surface area contributed by atoms with Crippen molar-refractivity contribution in [2.75, 3.05) is 6.54 Å². The second-order valence-corrected chi connectivity index (χ2v) is 4.52. The molecule has 0 saturated carbocycles. The maximum absolute atomic E-state index is 13.3. The first-order valence-corrected chi connectivity index (χ1v) is 6.49. The second-order valence-electron chi connectivity index (χ2n) is 4.09. The Morgan fingerprint density at radius 3 is 2.50 bits per heavy atom. The van der Waals surface area contributed by atoms with Gasteiger partial charge in [-0.2, -0.15) is 0 Å². The number of hydrogen-bond donors (Lipinski definition) is 1. The van der Waals surface area contributed by atoms with Gasteiger partial charge in [-0.25, -0.2) is 4.39 Å². The lowest BCUT2D eigenvalue weighted by Crippen LogP contribution is -2.12. The maximum atomic E-state index is 13.3. The molecule has 0 heterocycles. The molecule has 2 rings (SSSR count). The van der Waals surface area contributed by atoms with Crippen molar-refractivity contribution in [2.45, 2.75) is 13.5 Å². The van der Waals surface area contributed by atoms with Gasteiger partial charge in [0.1, 0.15) is 17.3 Å². The Balaban J connectivity index is 0.00000200. The molecule has 1 N–H and O–H groups in total. The molecule has 0 spiro atoms. The van der Waals surface area contributed by atoms with Crippen LogP contribution >= 0.6 is 24.0 Å². The molecule has 2 aromatic carbocycles. The summed E-state index contributed by atoms with van der Waals surface area (Å²) >= 11 is 5.82. The van der Waals surface area contributed by atoms with Crippen LogP contribution in [0.1, 0.15) is 12.5 Å². The van der Waals surface area contributed by atoms with E-state index < -0.39 is 0 Å². The van der Waals surface area contributed by atoms with Crippen molar-refractivity contribution in [2.24, 2.45) is 0 Å². The van der Waals surface area contributed by atoms with E-state index in [0.29, 0.717) is 23.1 Å². The van der Waals surface area contributed by atoms with Gasteiger partial charge in [-0.05, 0) is 49.0 Å². The summed E-state index contributed by atoms with van der Waals surface area (Å²) < 4.78 is 19.0. The molecule has 108 valence electrons. The van der Waals surface area contributed by atoms with Crippen LogP contribution in [0.3, 0.4) is 0 Å². The smallest absolute Gasteiger partial charge is 0.132 e. The topological polar surface area (TPSA) is 21.3 Å². The average Bonchev–Trinajstić information content (AvgIpc) is 2.41. The number of nitrogens with one attached hydrogen (secondary N) is 1. The lowest BCUT2D eigenvalue weighted by molar-refractivity contribution is 0.470. The molecule has 0 saturated heterocycles. The second kappa shape index (κ2) is 8.10. The quantitative estimate of drug-likeness (QED) is 0.855. The van der Waals surface area contributed by atoms with E-state index in [-0.39, 0.29) is 18.2 Å². The van der Waals surface area contributed by atoms with E-state index in [1.54, 1.807) is 30.3 Å². The highest BCUT2D eigenvalue weighted by Gasteiger charge is 2.06. The number of halogens is 3. The number of hydrogen-bond acceptors (Lipinski definition) is 2. The van der Waals surface area contributed by atoms with Gasteiger partial charge in [0.05, 0.1) is 0 Å². The summed E-state index contributed by atoms with van der Waals surface area (Å²) in [5.41, 5.74) is 0.789. The van der Waals surface area contributed by atoms with Crippen molar-refractivity contribution in [1.29, 1.82) is 0 Å². The Morgan fingerprint density at radius 1 is 1.15 bits per heavy atom. The van der Waals surface area contributed by atoms with Crippen LogP contribution in [-0.4, -0.2) is 6.54 Å². The van der Waals surface area contributed by atoms with Crippen molar-refractivity contribution < 1.29 is 9.13 Å². The minimum absolute atomic E-state index is 0. The predicted molar refractivity (Wildman–Crippen MR) is 82.6 cm³/mol. The summed E-state index contributed by atoms with van der Waals surface area (Å²) in [6.45, 7) is 3.38. The van der Waals surface area contributed by atoms with E-state index in [1.807, 2.05) is 6.92 Å². The highest BCUT2D eigenvalue weighted by atomic mass is 35.5. The van der Waals surface area contributed by atoms with Crippen LogP contribution in [0.2, 0.25) is 5.02 Å². The largest absolute Gasteiger partial charge is 0.457 e. The van der Waals surface area contributed by atoms with E-state index in [4.69, 9.17) is 16.3 Å². The Kier molecular flexibility index (Phi) is 6.79. The predicted octanol–water partition coefficient (Wildman–Crippen LogP) is 4.80.